The van der Waals surface area contributed by atoms with Crippen molar-refractivity contribution in [1.82, 2.24) is 31.3 Å². The van der Waals surface area contributed by atoms with Crippen LogP contribution in [0.1, 0.15) is 24.8 Å². The summed E-state index contributed by atoms with van der Waals surface area (Å²) in [6.07, 6.45) is 2.76. The van der Waals surface area contributed by atoms with E-state index in [1.807, 2.05) is 24.3 Å². The summed E-state index contributed by atoms with van der Waals surface area (Å²) in [7, 11) is 0. The van der Waals surface area contributed by atoms with Gasteiger partial charge in [0.15, 0.2) is 0 Å². The van der Waals surface area contributed by atoms with Crippen LogP contribution in [0, 0.1) is 5.92 Å². The topological polar surface area (TPSA) is 95.6 Å². The van der Waals surface area contributed by atoms with E-state index in [0.29, 0.717) is 24.7 Å². The quantitative estimate of drug-likeness (QED) is 0.736. The highest BCUT2D eigenvalue weighted by molar-refractivity contribution is 5.75. The van der Waals surface area contributed by atoms with Crippen LogP contribution in [-0.4, -0.2) is 39.6 Å². The fourth-order valence-electron chi connectivity index (χ4n) is 2.64. The van der Waals surface area contributed by atoms with Gasteiger partial charge in [0.25, 0.3) is 0 Å². The average molecular weight is 300 g/mol. The molecule has 2 aromatic rings. The number of aromatic amines is 1. The monoisotopic (exact) mass is 300 g/mol. The Kier molecular flexibility index (Phi) is 4.75. The molecule has 1 aliphatic rings. The molecule has 1 aliphatic heterocycles. The van der Waals surface area contributed by atoms with Crippen molar-refractivity contribution in [1.29, 1.82) is 0 Å². The number of aromatic nitrogens is 4. The average Bonchev–Trinajstić information content (AvgIpc) is 3.24. The van der Waals surface area contributed by atoms with E-state index in [0.717, 1.165) is 30.6 Å². The Bertz CT molecular complexity index is 589. The molecule has 116 valence electrons. The number of rotatable bonds is 6. The molecule has 1 aromatic carbocycles. The summed E-state index contributed by atoms with van der Waals surface area (Å²) in [6, 6.07) is 7.78. The van der Waals surface area contributed by atoms with E-state index in [9.17, 15) is 4.79 Å². The van der Waals surface area contributed by atoms with Crippen molar-refractivity contribution in [2.24, 2.45) is 5.92 Å². The lowest BCUT2D eigenvalue weighted by atomic mass is 10.0. The summed E-state index contributed by atoms with van der Waals surface area (Å²) < 4.78 is 0. The highest BCUT2D eigenvalue weighted by atomic mass is 16.1. The predicted molar refractivity (Wildman–Crippen MR) is 81.7 cm³/mol. The molecule has 2 heterocycles. The molecular formula is C15H20N6O. The normalized spacial score (nSPS) is 17.5. The van der Waals surface area contributed by atoms with E-state index < -0.39 is 0 Å². The summed E-state index contributed by atoms with van der Waals surface area (Å²) in [5, 5.41) is 20.1. The highest BCUT2D eigenvalue weighted by Crippen LogP contribution is 2.15. The molecule has 1 atom stereocenters. The van der Waals surface area contributed by atoms with Crippen molar-refractivity contribution in [2.45, 2.75) is 25.8 Å². The zero-order valence-electron chi connectivity index (χ0n) is 12.4. The Balaban J connectivity index is 1.43. The largest absolute Gasteiger partial charge is 0.352 e. The van der Waals surface area contributed by atoms with Crippen molar-refractivity contribution in [3.05, 3.63) is 29.8 Å². The molecule has 0 spiro atoms. The molecule has 0 saturated carbocycles. The molecule has 1 amide bonds. The molecule has 0 radical (unpaired) electrons. The SMILES string of the molecule is O=C(CCC1CCNC1)NCc1ccc(-c2nn[nH]n2)cc1. The van der Waals surface area contributed by atoms with Crippen LogP contribution in [0.25, 0.3) is 11.4 Å². The summed E-state index contributed by atoms with van der Waals surface area (Å²) in [5.41, 5.74) is 1.96. The standard InChI is InChI=1S/C15H20N6O/c22-14(6-3-12-7-8-16-9-12)17-10-11-1-4-13(5-2-11)15-18-20-21-19-15/h1-2,4-5,12,16H,3,6-10H2,(H,17,22)(H,18,19,20,21). The maximum Gasteiger partial charge on any atom is 0.220 e. The minimum Gasteiger partial charge on any atom is -0.352 e. The smallest absolute Gasteiger partial charge is 0.220 e. The second-order valence-electron chi connectivity index (χ2n) is 5.61. The van der Waals surface area contributed by atoms with Gasteiger partial charge in [0.2, 0.25) is 11.7 Å². The molecule has 7 nitrogen and oxygen atoms in total. The molecule has 7 heteroatoms. The van der Waals surface area contributed by atoms with Crippen molar-refractivity contribution in [3.63, 3.8) is 0 Å². The van der Waals surface area contributed by atoms with Gasteiger partial charge in [-0.3, -0.25) is 4.79 Å². The van der Waals surface area contributed by atoms with Gasteiger partial charge in [0.05, 0.1) is 0 Å². The molecule has 3 rings (SSSR count). The van der Waals surface area contributed by atoms with Crippen LogP contribution < -0.4 is 10.6 Å². The van der Waals surface area contributed by atoms with Crippen molar-refractivity contribution in [3.8, 4) is 11.4 Å². The number of amides is 1. The highest BCUT2D eigenvalue weighted by Gasteiger charge is 2.15. The first-order chi connectivity index (χ1) is 10.8. The summed E-state index contributed by atoms with van der Waals surface area (Å²) in [6.45, 7) is 2.68. The molecule has 22 heavy (non-hydrogen) atoms. The van der Waals surface area contributed by atoms with E-state index in [4.69, 9.17) is 0 Å². The summed E-state index contributed by atoms with van der Waals surface area (Å²) in [5.74, 6) is 1.34. The van der Waals surface area contributed by atoms with Gasteiger partial charge in [-0.15, -0.1) is 10.2 Å². The number of benzene rings is 1. The summed E-state index contributed by atoms with van der Waals surface area (Å²) in [4.78, 5) is 11.9. The summed E-state index contributed by atoms with van der Waals surface area (Å²) >= 11 is 0. The van der Waals surface area contributed by atoms with Crippen LogP contribution in [0.4, 0.5) is 0 Å². The van der Waals surface area contributed by atoms with E-state index in [-0.39, 0.29) is 5.91 Å². The maximum atomic E-state index is 11.9. The van der Waals surface area contributed by atoms with Crippen LogP contribution in [-0.2, 0) is 11.3 Å². The number of hydrogen-bond acceptors (Lipinski definition) is 5. The Morgan fingerprint density at radius 3 is 2.86 bits per heavy atom. The third kappa shape index (κ3) is 3.88. The maximum absolute atomic E-state index is 11.9. The first-order valence-electron chi connectivity index (χ1n) is 7.61. The lowest BCUT2D eigenvalue weighted by molar-refractivity contribution is -0.121. The minimum atomic E-state index is 0.120. The molecule has 1 aromatic heterocycles. The minimum absolute atomic E-state index is 0.120. The number of hydrogen-bond donors (Lipinski definition) is 3. The molecule has 3 N–H and O–H groups in total. The molecule has 0 aliphatic carbocycles. The lowest BCUT2D eigenvalue weighted by Gasteiger charge is -2.09. The third-order valence-corrected chi connectivity index (χ3v) is 3.99. The molecule has 1 unspecified atom stereocenters. The number of tetrazole rings is 1. The van der Waals surface area contributed by atoms with Crippen LogP contribution >= 0.6 is 0 Å². The van der Waals surface area contributed by atoms with Gasteiger partial charge in [-0.1, -0.05) is 24.3 Å². The molecular weight excluding hydrogens is 280 g/mol. The van der Waals surface area contributed by atoms with Gasteiger partial charge in [-0.05, 0) is 42.6 Å². The zero-order valence-corrected chi connectivity index (χ0v) is 12.4. The Morgan fingerprint density at radius 2 is 2.18 bits per heavy atom. The van der Waals surface area contributed by atoms with Gasteiger partial charge in [-0.25, -0.2) is 0 Å². The second-order valence-corrected chi connectivity index (χ2v) is 5.61. The molecule has 1 fully saturated rings. The zero-order chi connectivity index (χ0) is 15.2. The van der Waals surface area contributed by atoms with E-state index in [2.05, 4.69) is 31.3 Å². The first kappa shape index (κ1) is 14.6. The lowest BCUT2D eigenvalue weighted by Crippen LogP contribution is -2.23. The van der Waals surface area contributed by atoms with Crippen molar-refractivity contribution in [2.75, 3.05) is 13.1 Å². The molecule has 1 saturated heterocycles. The van der Waals surface area contributed by atoms with E-state index in [1.165, 1.54) is 6.42 Å². The van der Waals surface area contributed by atoms with Gasteiger partial charge in [0.1, 0.15) is 0 Å². The van der Waals surface area contributed by atoms with E-state index in [1.54, 1.807) is 0 Å². The fourth-order valence-corrected chi connectivity index (χ4v) is 2.64. The Morgan fingerprint density at radius 1 is 1.32 bits per heavy atom. The van der Waals surface area contributed by atoms with Crippen LogP contribution in [0.15, 0.2) is 24.3 Å². The van der Waals surface area contributed by atoms with Gasteiger partial charge in [0, 0.05) is 18.5 Å². The van der Waals surface area contributed by atoms with Crippen LogP contribution in [0.2, 0.25) is 0 Å². The Labute approximate surface area is 128 Å². The Hall–Kier alpha value is -2.28. The van der Waals surface area contributed by atoms with Crippen molar-refractivity contribution >= 4 is 5.91 Å². The predicted octanol–water partition coefficient (Wildman–Crippen LogP) is 0.873. The third-order valence-electron chi connectivity index (χ3n) is 3.99. The van der Waals surface area contributed by atoms with E-state index >= 15 is 0 Å². The number of nitrogens with one attached hydrogen (secondary N) is 3. The van der Waals surface area contributed by atoms with Crippen LogP contribution in [0.5, 0.6) is 0 Å². The van der Waals surface area contributed by atoms with Crippen LogP contribution in [0.3, 0.4) is 0 Å². The number of carbonyl (C=O) groups is 1. The second kappa shape index (κ2) is 7.13. The van der Waals surface area contributed by atoms with Gasteiger partial charge < -0.3 is 10.6 Å². The number of carbonyl (C=O) groups excluding carboxylic acids is 1. The number of nitrogens with zero attached hydrogens (tertiary/aromatic N) is 3. The molecule has 0 bridgehead atoms. The van der Waals surface area contributed by atoms with Gasteiger partial charge in [-0.2, -0.15) is 5.21 Å². The number of H-pyrrole nitrogens is 1. The van der Waals surface area contributed by atoms with Crippen molar-refractivity contribution < 1.29 is 4.79 Å². The first-order valence-corrected chi connectivity index (χ1v) is 7.61. The van der Waals surface area contributed by atoms with Gasteiger partial charge >= 0.3 is 0 Å². The fraction of sp³-hybridized carbons (Fsp3) is 0.467.